The van der Waals surface area contributed by atoms with E-state index in [4.69, 9.17) is 13.7 Å². The number of aromatic nitrogens is 1. The van der Waals surface area contributed by atoms with Gasteiger partial charge in [-0.3, -0.25) is 9.17 Å². The molecular formula is C23H31NO6S. The van der Waals surface area contributed by atoms with Gasteiger partial charge in [0.15, 0.2) is 6.10 Å². The van der Waals surface area contributed by atoms with E-state index in [1.165, 1.54) is 5.56 Å². The van der Waals surface area contributed by atoms with Gasteiger partial charge >= 0.3 is 5.97 Å². The Morgan fingerprint density at radius 3 is 2.32 bits per heavy atom. The predicted molar refractivity (Wildman–Crippen MR) is 119 cm³/mol. The van der Waals surface area contributed by atoms with E-state index in [9.17, 15) is 13.2 Å². The van der Waals surface area contributed by atoms with Gasteiger partial charge in [-0.25, -0.2) is 4.79 Å². The molecule has 0 N–H and O–H groups in total. The minimum absolute atomic E-state index is 0.0893. The van der Waals surface area contributed by atoms with Crippen molar-refractivity contribution < 1.29 is 26.9 Å². The first-order chi connectivity index (χ1) is 14.8. The summed E-state index contributed by atoms with van der Waals surface area (Å²) >= 11 is 0. The molecule has 0 amide bonds. The topological polar surface area (TPSA) is 91.8 Å². The van der Waals surface area contributed by atoms with Gasteiger partial charge in [-0.15, -0.1) is 0 Å². The maximum absolute atomic E-state index is 12.2. The number of ether oxygens (including phenoxy) is 2. The van der Waals surface area contributed by atoms with E-state index in [2.05, 4.69) is 18.0 Å². The van der Waals surface area contributed by atoms with E-state index in [-0.39, 0.29) is 13.0 Å². The van der Waals surface area contributed by atoms with Crippen molar-refractivity contribution in [3.63, 3.8) is 0 Å². The van der Waals surface area contributed by atoms with E-state index in [0.29, 0.717) is 25.2 Å². The minimum atomic E-state index is -3.80. The SMILES string of the molecule is CCCCOC(=O)C(Cc1ccc(OCCc2ccc(CC)cn2)cc1)OS(C)(=O)=O. The maximum Gasteiger partial charge on any atom is 0.337 e. The Kier molecular flexibility index (Phi) is 9.94. The van der Waals surface area contributed by atoms with Crippen LogP contribution in [0, 0.1) is 0 Å². The van der Waals surface area contributed by atoms with Crippen molar-refractivity contribution >= 4 is 16.1 Å². The quantitative estimate of drug-likeness (QED) is 0.263. The van der Waals surface area contributed by atoms with Crippen molar-refractivity contribution in [3.8, 4) is 5.75 Å². The zero-order chi connectivity index (χ0) is 22.7. The third-order valence-electron chi connectivity index (χ3n) is 4.56. The Morgan fingerprint density at radius 1 is 1.03 bits per heavy atom. The normalized spacial score (nSPS) is 12.4. The molecule has 0 aliphatic carbocycles. The molecule has 2 rings (SSSR count). The van der Waals surface area contributed by atoms with Crippen molar-refractivity contribution in [3.05, 3.63) is 59.4 Å². The number of pyridine rings is 1. The summed E-state index contributed by atoms with van der Waals surface area (Å²) in [6.07, 6.45) is 4.91. The molecule has 0 bridgehead atoms. The molecule has 1 aromatic carbocycles. The lowest BCUT2D eigenvalue weighted by Gasteiger charge is -2.16. The molecule has 1 unspecified atom stereocenters. The zero-order valence-corrected chi connectivity index (χ0v) is 19.2. The number of benzene rings is 1. The Morgan fingerprint density at radius 2 is 1.74 bits per heavy atom. The van der Waals surface area contributed by atoms with E-state index in [1.807, 2.05) is 19.2 Å². The Balaban J connectivity index is 1.90. The second-order valence-corrected chi connectivity index (χ2v) is 8.87. The molecule has 0 fully saturated rings. The van der Waals surface area contributed by atoms with Gasteiger partial charge < -0.3 is 9.47 Å². The first kappa shape index (κ1) is 24.8. The third kappa shape index (κ3) is 9.48. The molecular weight excluding hydrogens is 418 g/mol. The summed E-state index contributed by atoms with van der Waals surface area (Å²) in [5.74, 6) is 0.000764. The number of aryl methyl sites for hydroxylation is 1. The maximum atomic E-state index is 12.2. The number of carbonyl (C=O) groups is 1. The molecule has 1 atom stereocenters. The molecule has 8 heteroatoms. The largest absolute Gasteiger partial charge is 0.493 e. The first-order valence-corrected chi connectivity index (χ1v) is 12.3. The number of esters is 1. The highest BCUT2D eigenvalue weighted by Crippen LogP contribution is 2.16. The summed E-state index contributed by atoms with van der Waals surface area (Å²) in [6.45, 7) is 4.79. The van der Waals surface area contributed by atoms with Gasteiger partial charge in [-0.2, -0.15) is 8.42 Å². The number of unbranched alkanes of at least 4 members (excludes halogenated alkanes) is 1. The van der Waals surface area contributed by atoms with Crippen LogP contribution in [0.2, 0.25) is 0 Å². The molecule has 0 saturated carbocycles. The monoisotopic (exact) mass is 449 g/mol. The second-order valence-electron chi connectivity index (χ2n) is 7.27. The number of rotatable bonds is 13. The van der Waals surface area contributed by atoms with E-state index in [0.717, 1.165) is 30.4 Å². The number of nitrogens with zero attached hydrogens (tertiary/aromatic N) is 1. The summed E-state index contributed by atoms with van der Waals surface area (Å²) in [6, 6.07) is 11.2. The highest BCUT2D eigenvalue weighted by molar-refractivity contribution is 7.86. The van der Waals surface area contributed by atoms with E-state index >= 15 is 0 Å². The molecule has 0 radical (unpaired) electrons. The van der Waals surface area contributed by atoms with Crippen LogP contribution in [-0.2, 0) is 43.1 Å². The number of hydrogen-bond acceptors (Lipinski definition) is 7. The molecule has 0 saturated heterocycles. The van der Waals surface area contributed by atoms with Gasteiger partial charge in [0, 0.05) is 24.7 Å². The smallest absolute Gasteiger partial charge is 0.337 e. The van der Waals surface area contributed by atoms with Gasteiger partial charge in [0.05, 0.1) is 19.5 Å². The summed E-state index contributed by atoms with van der Waals surface area (Å²) < 4.78 is 38.9. The lowest BCUT2D eigenvalue weighted by Crippen LogP contribution is -2.31. The van der Waals surface area contributed by atoms with Crippen molar-refractivity contribution in [2.24, 2.45) is 0 Å². The summed E-state index contributed by atoms with van der Waals surface area (Å²) in [5, 5.41) is 0. The molecule has 0 spiro atoms. The molecule has 31 heavy (non-hydrogen) atoms. The molecule has 2 aromatic rings. The molecule has 0 aliphatic heterocycles. The molecule has 1 heterocycles. The summed E-state index contributed by atoms with van der Waals surface area (Å²) in [5.41, 5.74) is 2.91. The Labute approximate surface area is 184 Å². The molecule has 0 aliphatic rings. The Bertz CT molecular complexity index is 910. The van der Waals surface area contributed by atoms with Crippen molar-refractivity contribution in [1.29, 1.82) is 0 Å². The van der Waals surface area contributed by atoms with Gasteiger partial charge in [0.1, 0.15) is 5.75 Å². The zero-order valence-electron chi connectivity index (χ0n) is 18.4. The molecule has 1 aromatic heterocycles. The fraction of sp³-hybridized carbons (Fsp3) is 0.478. The summed E-state index contributed by atoms with van der Waals surface area (Å²) in [7, 11) is -3.80. The second kappa shape index (κ2) is 12.4. The van der Waals surface area contributed by atoms with Crippen LogP contribution >= 0.6 is 0 Å². The van der Waals surface area contributed by atoms with Crippen LogP contribution in [0.25, 0.3) is 0 Å². The molecule has 7 nitrogen and oxygen atoms in total. The third-order valence-corrected chi connectivity index (χ3v) is 5.14. The lowest BCUT2D eigenvalue weighted by atomic mass is 10.1. The van der Waals surface area contributed by atoms with E-state index < -0.39 is 22.2 Å². The highest BCUT2D eigenvalue weighted by atomic mass is 32.2. The van der Waals surface area contributed by atoms with Gasteiger partial charge in [0.25, 0.3) is 10.1 Å². The lowest BCUT2D eigenvalue weighted by molar-refractivity contribution is -0.151. The average molecular weight is 450 g/mol. The van der Waals surface area contributed by atoms with Gasteiger partial charge in [-0.1, -0.05) is 38.5 Å². The van der Waals surface area contributed by atoms with Crippen molar-refractivity contribution in [2.75, 3.05) is 19.5 Å². The van der Waals surface area contributed by atoms with Crippen LogP contribution < -0.4 is 4.74 Å². The average Bonchev–Trinajstić information content (AvgIpc) is 2.74. The van der Waals surface area contributed by atoms with Crippen LogP contribution in [0.15, 0.2) is 42.6 Å². The van der Waals surface area contributed by atoms with Crippen LogP contribution in [0.3, 0.4) is 0 Å². The standard InChI is InChI=1S/C23H31NO6S/c1-4-6-14-29-23(25)22(30-31(3,26)27)16-19-8-11-21(12-9-19)28-15-13-20-10-7-18(5-2)17-24-20/h7-12,17,22H,4-6,13-16H2,1-3H3. The Hall–Kier alpha value is -2.45. The van der Waals surface area contributed by atoms with E-state index in [1.54, 1.807) is 24.3 Å². The van der Waals surface area contributed by atoms with Crippen LogP contribution in [0.1, 0.15) is 43.5 Å². The van der Waals surface area contributed by atoms with Crippen LogP contribution in [0.4, 0.5) is 0 Å². The van der Waals surface area contributed by atoms with Gasteiger partial charge in [-0.05, 0) is 42.2 Å². The summed E-state index contributed by atoms with van der Waals surface area (Å²) in [4.78, 5) is 16.7. The number of carbonyl (C=O) groups excluding carboxylic acids is 1. The van der Waals surface area contributed by atoms with Crippen LogP contribution in [0.5, 0.6) is 5.75 Å². The predicted octanol–water partition coefficient (Wildman–Crippen LogP) is 3.50. The fourth-order valence-corrected chi connectivity index (χ4v) is 3.37. The van der Waals surface area contributed by atoms with Gasteiger partial charge in [0.2, 0.25) is 0 Å². The molecule has 170 valence electrons. The highest BCUT2D eigenvalue weighted by Gasteiger charge is 2.25. The minimum Gasteiger partial charge on any atom is -0.493 e. The van der Waals surface area contributed by atoms with Crippen molar-refractivity contribution in [1.82, 2.24) is 4.98 Å². The number of hydrogen-bond donors (Lipinski definition) is 0. The fourth-order valence-electron chi connectivity index (χ4n) is 2.80. The van der Waals surface area contributed by atoms with Crippen molar-refractivity contribution in [2.45, 2.75) is 52.1 Å². The first-order valence-electron chi connectivity index (χ1n) is 10.5. The van der Waals surface area contributed by atoms with Crippen LogP contribution in [-0.4, -0.2) is 44.9 Å².